The van der Waals surface area contributed by atoms with E-state index in [1.54, 1.807) is 12.1 Å². The van der Waals surface area contributed by atoms with Crippen LogP contribution in [0.4, 0.5) is 11.4 Å². The van der Waals surface area contributed by atoms with Crippen molar-refractivity contribution in [1.29, 1.82) is 0 Å². The van der Waals surface area contributed by atoms with E-state index in [1.807, 2.05) is 6.07 Å². The number of anilines is 2. The molecule has 0 amide bonds. The third-order valence-electron chi connectivity index (χ3n) is 3.88. The number of carbonyl (C=O) groups is 1. The number of nitrogens with two attached hydrogens (primary N) is 1. The van der Waals surface area contributed by atoms with Crippen LogP contribution in [0, 0.1) is 5.92 Å². The fourth-order valence-electron chi connectivity index (χ4n) is 2.69. The van der Waals surface area contributed by atoms with Gasteiger partial charge in [-0.15, -0.1) is 0 Å². The average Bonchev–Trinajstić information content (AvgIpc) is 2.41. The van der Waals surface area contributed by atoms with E-state index < -0.39 is 0 Å². The van der Waals surface area contributed by atoms with E-state index in [4.69, 9.17) is 10.5 Å². The van der Waals surface area contributed by atoms with Crippen molar-refractivity contribution in [3.63, 3.8) is 0 Å². The largest absolute Gasteiger partial charge is 0.465 e. The van der Waals surface area contributed by atoms with Crippen molar-refractivity contribution < 1.29 is 9.53 Å². The summed E-state index contributed by atoms with van der Waals surface area (Å²) in [7, 11) is 1.38. The van der Waals surface area contributed by atoms with Gasteiger partial charge in [-0.1, -0.05) is 6.92 Å². The van der Waals surface area contributed by atoms with Crippen molar-refractivity contribution in [3.05, 3.63) is 23.8 Å². The summed E-state index contributed by atoms with van der Waals surface area (Å²) in [5, 5.41) is 0. The highest BCUT2D eigenvalue weighted by atomic mass is 16.5. The van der Waals surface area contributed by atoms with Crippen molar-refractivity contribution in [3.8, 4) is 0 Å². The molecule has 1 aromatic rings. The van der Waals surface area contributed by atoms with Crippen LogP contribution < -0.4 is 10.6 Å². The van der Waals surface area contributed by atoms with Crippen molar-refractivity contribution in [1.82, 2.24) is 0 Å². The zero-order chi connectivity index (χ0) is 14.0. The molecule has 19 heavy (non-hydrogen) atoms. The Morgan fingerprint density at radius 3 is 2.74 bits per heavy atom. The van der Waals surface area contributed by atoms with Gasteiger partial charge in [0.1, 0.15) is 0 Å². The molecule has 2 rings (SSSR count). The number of nitrogens with zero attached hydrogens (tertiary/aromatic N) is 1. The molecule has 0 spiro atoms. The lowest BCUT2D eigenvalue weighted by Gasteiger charge is -2.39. The minimum Gasteiger partial charge on any atom is -0.465 e. The summed E-state index contributed by atoms with van der Waals surface area (Å²) < 4.78 is 4.71. The number of rotatable bonds is 2. The Hall–Kier alpha value is -1.71. The fraction of sp³-hybridized carbons (Fsp3) is 0.533. The first-order chi connectivity index (χ1) is 9.02. The normalized spacial score (nSPS) is 23.2. The third kappa shape index (κ3) is 2.83. The lowest BCUT2D eigenvalue weighted by Crippen LogP contribution is -2.41. The van der Waals surface area contributed by atoms with Crippen LogP contribution in [0.15, 0.2) is 18.2 Å². The first-order valence-corrected chi connectivity index (χ1v) is 6.77. The molecule has 4 nitrogen and oxygen atoms in total. The van der Waals surface area contributed by atoms with E-state index in [9.17, 15) is 4.79 Å². The lowest BCUT2D eigenvalue weighted by atomic mass is 9.94. The minimum absolute atomic E-state index is 0.349. The van der Waals surface area contributed by atoms with E-state index in [0.717, 1.165) is 12.2 Å². The van der Waals surface area contributed by atoms with Crippen LogP contribution in [-0.2, 0) is 4.74 Å². The summed E-state index contributed by atoms with van der Waals surface area (Å²) in [5.41, 5.74) is 8.27. The van der Waals surface area contributed by atoms with Crippen LogP contribution in [0.3, 0.4) is 0 Å². The zero-order valence-electron chi connectivity index (χ0n) is 11.8. The Morgan fingerprint density at radius 1 is 1.37 bits per heavy atom. The zero-order valence-corrected chi connectivity index (χ0v) is 11.8. The predicted octanol–water partition coefficient (Wildman–Crippen LogP) is 2.68. The van der Waals surface area contributed by atoms with Gasteiger partial charge in [-0.05, 0) is 43.9 Å². The van der Waals surface area contributed by atoms with Crippen LogP contribution in [-0.4, -0.2) is 25.7 Å². The molecule has 0 bridgehead atoms. The molecular formula is C15H22N2O2. The number of benzene rings is 1. The van der Waals surface area contributed by atoms with Crippen LogP contribution in [0.1, 0.15) is 37.0 Å². The molecule has 1 fully saturated rings. The van der Waals surface area contributed by atoms with Gasteiger partial charge in [0.15, 0.2) is 0 Å². The summed E-state index contributed by atoms with van der Waals surface area (Å²) in [6.07, 6.45) is 2.44. The predicted molar refractivity (Wildman–Crippen MR) is 77.4 cm³/mol. The molecule has 2 atom stereocenters. The van der Waals surface area contributed by atoms with Gasteiger partial charge in [-0.3, -0.25) is 0 Å². The molecule has 0 radical (unpaired) electrons. The lowest BCUT2D eigenvalue weighted by molar-refractivity contribution is 0.0601. The minimum atomic E-state index is -0.349. The smallest absolute Gasteiger partial charge is 0.337 e. The van der Waals surface area contributed by atoms with Crippen LogP contribution in [0.5, 0.6) is 0 Å². The molecule has 1 heterocycles. The summed E-state index contributed by atoms with van der Waals surface area (Å²) in [6.45, 7) is 5.50. The highest BCUT2D eigenvalue weighted by Crippen LogP contribution is 2.32. The number of methoxy groups -OCH3 is 1. The molecular weight excluding hydrogens is 240 g/mol. The van der Waals surface area contributed by atoms with Gasteiger partial charge in [0.05, 0.1) is 24.0 Å². The van der Waals surface area contributed by atoms with E-state index in [-0.39, 0.29) is 5.97 Å². The second-order valence-electron chi connectivity index (χ2n) is 5.45. The number of esters is 1. The topological polar surface area (TPSA) is 55.6 Å². The van der Waals surface area contributed by atoms with Gasteiger partial charge in [-0.2, -0.15) is 0 Å². The van der Waals surface area contributed by atoms with Crippen LogP contribution in [0.2, 0.25) is 0 Å². The number of ether oxygens (including phenoxy) is 1. The van der Waals surface area contributed by atoms with Crippen LogP contribution >= 0.6 is 0 Å². The maximum atomic E-state index is 11.5. The summed E-state index contributed by atoms with van der Waals surface area (Å²) in [4.78, 5) is 13.8. The van der Waals surface area contributed by atoms with Gasteiger partial charge in [0.2, 0.25) is 0 Å². The Labute approximate surface area is 114 Å². The molecule has 2 unspecified atom stereocenters. The first kappa shape index (κ1) is 13.7. The SMILES string of the molecule is COC(=O)c1ccc(N2CC(C)CCC2C)c(N)c1. The van der Waals surface area contributed by atoms with Gasteiger partial charge in [0, 0.05) is 12.6 Å². The fourth-order valence-corrected chi connectivity index (χ4v) is 2.69. The quantitative estimate of drug-likeness (QED) is 0.657. The van der Waals surface area contributed by atoms with Gasteiger partial charge in [0.25, 0.3) is 0 Å². The molecule has 1 aliphatic heterocycles. The molecule has 0 aromatic heterocycles. The molecule has 104 valence electrons. The average molecular weight is 262 g/mol. The van der Waals surface area contributed by atoms with E-state index in [1.165, 1.54) is 20.0 Å². The second-order valence-corrected chi connectivity index (χ2v) is 5.45. The Kier molecular flexibility index (Phi) is 3.98. The third-order valence-corrected chi connectivity index (χ3v) is 3.88. The van der Waals surface area contributed by atoms with Gasteiger partial charge >= 0.3 is 5.97 Å². The van der Waals surface area contributed by atoms with Gasteiger partial charge < -0.3 is 15.4 Å². The van der Waals surface area contributed by atoms with Crippen LogP contribution in [0.25, 0.3) is 0 Å². The molecule has 0 aliphatic carbocycles. The van der Waals surface area contributed by atoms with Crippen molar-refractivity contribution in [2.75, 3.05) is 24.3 Å². The molecule has 1 aromatic carbocycles. The first-order valence-electron chi connectivity index (χ1n) is 6.77. The Morgan fingerprint density at radius 2 is 2.11 bits per heavy atom. The van der Waals surface area contributed by atoms with Crippen molar-refractivity contribution in [2.45, 2.75) is 32.7 Å². The molecule has 4 heteroatoms. The monoisotopic (exact) mass is 262 g/mol. The number of carbonyl (C=O) groups excluding carboxylic acids is 1. The van der Waals surface area contributed by atoms with E-state index in [0.29, 0.717) is 23.2 Å². The standard InChI is InChI=1S/C15H22N2O2/c1-10-4-5-11(2)17(9-10)14-7-6-12(8-13(14)16)15(18)19-3/h6-8,10-11H,4-5,9,16H2,1-3H3. The molecule has 2 N–H and O–H groups in total. The highest BCUT2D eigenvalue weighted by molar-refractivity contribution is 5.92. The molecule has 0 saturated carbocycles. The van der Waals surface area contributed by atoms with Crippen molar-refractivity contribution in [2.24, 2.45) is 5.92 Å². The van der Waals surface area contributed by atoms with E-state index in [2.05, 4.69) is 18.7 Å². The maximum Gasteiger partial charge on any atom is 0.337 e. The maximum absolute atomic E-state index is 11.5. The summed E-state index contributed by atoms with van der Waals surface area (Å²) in [5.74, 6) is 0.328. The number of piperidine rings is 1. The Balaban J connectivity index is 2.27. The highest BCUT2D eigenvalue weighted by Gasteiger charge is 2.24. The van der Waals surface area contributed by atoms with E-state index >= 15 is 0 Å². The summed E-state index contributed by atoms with van der Waals surface area (Å²) >= 11 is 0. The molecule has 1 aliphatic rings. The second kappa shape index (κ2) is 5.51. The Bertz CT molecular complexity index is 473. The number of hydrogen-bond acceptors (Lipinski definition) is 4. The number of nitrogen functional groups attached to an aromatic ring is 1. The number of hydrogen-bond donors (Lipinski definition) is 1. The molecule has 1 saturated heterocycles. The summed E-state index contributed by atoms with van der Waals surface area (Å²) in [6, 6.07) is 5.90. The van der Waals surface area contributed by atoms with Gasteiger partial charge in [-0.25, -0.2) is 4.79 Å². The van der Waals surface area contributed by atoms with Crippen molar-refractivity contribution >= 4 is 17.3 Å².